The van der Waals surface area contributed by atoms with Gasteiger partial charge in [0.1, 0.15) is 5.75 Å². The molecule has 0 amide bonds. The first kappa shape index (κ1) is 14.0. The second kappa shape index (κ2) is 5.29. The number of benzene rings is 1. The van der Waals surface area contributed by atoms with Crippen LogP contribution in [0.2, 0.25) is 0 Å². The molecule has 2 aromatic rings. The predicted molar refractivity (Wildman–Crippen MR) is 67.6 cm³/mol. The zero-order valence-electron chi connectivity index (χ0n) is 10.3. The Morgan fingerprint density at radius 2 is 2.10 bits per heavy atom. The van der Waals surface area contributed by atoms with Crippen molar-refractivity contribution in [2.75, 3.05) is 0 Å². The van der Waals surface area contributed by atoms with Crippen LogP contribution in [0.4, 0.5) is 5.69 Å². The van der Waals surface area contributed by atoms with Gasteiger partial charge in [-0.2, -0.15) is 8.42 Å². The fraction of sp³-hybridized carbons (Fsp3) is 0.182. The maximum Gasteiger partial charge on any atom is 0.316 e. The molecule has 0 saturated carbocycles. The van der Waals surface area contributed by atoms with E-state index in [9.17, 15) is 18.5 Å². The first-order valence-corrected chi connectivity index (χ1v) is 7.03. The molecule has 1 aromatic carbocycles. The number of para-hydroxylation sites is 2. The molecule has 0 aliphatic carbocycles. The van der Waals surface area contributed by atoms with E-state index in [-0.39, 0.29) is 11.5 Å². The summed E-state index contributed by atoms with van der Waals surface area (Å²) in [5.41, 5.74) is 0.103. The molecule has 0 bridgehead atoms. The van der Waals surface area contributed by atoms with Gasteiger partial charge in [0, 0.05) is 12.1 Å². The van der Waals surface area contributed by atoms with Gasteiger partial charge in [0.25, 0.3) is 0 Å². The van der Waals surface area contributed by atoms with Gasteiger partial charge in [-0.1, -0.05) is 17.3 Å². The number of nitro groups is 1. The second-order valence-electron chi connectivity index (χ2n) is 3.94. The molecule has 20 heavy (non-hydrogen) atoms. The van der Waals surface area contributed by atoms with Crippen molar-refractivity contribution in [3.63, 3.8) is 0 Å². The van der Waals surface area contributed by atoms with Gasteiger partial charge in [-0.3, -0.25) is 10.1 Å². The summed E-state index contributed by atoms with van der Waals surface area (Å²) in [5, 5.41) is 14.3. The molecular formula is C11H10N2O6S. The highest BCUT2D eigenvalue weighted by molar-refractivity contribution is 7.86. The first-order chi connectivity index (χ1) is 9.37. The van der Waals surface area contributed by atoms with Gasteiger partial charge >= 0.3 is 15.8 Å². The number of rotatable bonds is 5. The lowest BCUT2D eigenvalue weighted by Crippen LogP contribution is -2.12. The lowest BCUT2D eigenvalue weighted by molar-refractivity contribution is -0.385. The van der Waals surface area contributed by atoms with Crippen molar-refractivity contribution < 1.29 is 22.0 Å². The van der Waals surface area contributed by atoms with Crippen molar-refractivity contribution in [1.82, 2.24) is 5.16 Å². The highest BCUT2D eigenvalue weighted by atomic mass is 32.2. The van der Waals surface area contributed by atoms with Crippen molar-refractivity contribution >= 4 is 15.8 Å². The normalized spacial score (nSPS) is 11.2. The molecule has 0 aliphatic heterocycles. The standard InChI is InChI=1S/C11H10N2O6S/c1-8-6-9(18-12-8)7-20(16,17)19-11-5-3-2-4-10(11)13(14)15/h2-6H,7H2,1H3. The molecule has 0 saturated heterocycles. The number of aryl methyl sites for hydroxylation is 1. The Balaban J connectivity index is 2.22. The number of hydrogen-bond acceptors (Lipinski definition) is 7. The molecule has 0 unspecified atom stereocenters. The van der Waals surface area contributed by atoms with E-state index in [1.165, 1.54) is 24.3 Å². The molecule has 106 valence electrons. The summed E-state index contributed by atoms with van der Waals surface area (Å²) in [7, 11) is -4.07. The van der Waals surface area contributed by atoms with Gasteiger partial charge in [-0.25, -0.2) is 0 Å². The summed E-state index contributed by atoms with van der Waals surface area (Å²) in [6.07, 6.45) is 0. The fourth-order valence-electron chi connectivity index (χ4n) is 1.50. The minimum absolute atomic E-state index is 0.0982. The molecule has 1 aromatic heterocycles. The largest absolute Gasteiger partial charge is 0.375 e. The molecule has 0 radical (unpaired) electrons. The van der Waals surface area contributed by atoms with E-state index in [0.717, 1.165) is 6.07 Å². The minimum atomic E-state index is -4.07. The Labute approximate surface area is 114 Å². The molecule has 0 aliphatic rings. The van der Waals surface area contributed by atoms with Crippen molar-refractivity contribution in [3.8, 4) is 5.75 Å². The summed E-state index contributed by atoms with van der Waals surface area (Å²) < 4.78 is 33.2. The van der Waals surface area contributed by atoms with E-state index in [4.69, 9.17) is 8.71 Å². The highest BCUT2D eigenvalue weighted by Gasteiger charge is 2.22. The summed E-state index contributed by atoms with van der Waals surface area (Å²) >= 11 is 0. The third kappa shape index (κ3) is 3.32. The molecule has 1 heterocycles. The third-order valence-corrected chi connectivity index (χ3v) is 3.35. The maximum atomic E-state index is 11.8. The van der Waals surface area contributed by atoms with E-state index in [1.807, 2.05) is 0 Å². The van der Waals surface area contributed by atoms with Crippen LogP contribution in [-0.2, 0) is 15.9 Å². The summed E-state index contributed by atoms with van der Waals surface area (Å²) in [4.78, 5) is 10.1. The van der Waals surface area contributed by atoms with Crippen molar-refractivity contribution in [2.24, 2.45) is 0 Å². The monoisotopic (exact) mass is 298 g/mol. The lowest BCUT2D eigenvalue weighted by Gasteiger charge is -2.05. The van der Waals surface area contributed by atoms with E-state index in [1.54, 1.807) is 6.92 Å². The van der Waals surface area contributed by atoms with Crippen LogP contribution in [0.3, 0.4) is 0 Å². The Hall–Kier alpha value is -2.42. The molecule has 8 nitrogen and oxygen atoms in total. The molecule has 0 fully saturated rings. The zero-order valence-corrected chi connectivity index (χ0v) is 11.2. The van der Waals surface area contributed by atoms with Crippen molar-refractivity contribution in [1.29, 1.82) is 0 Å². The van der Waals surface area contributed by atoms with Crippen LogP contribution in [0.15, 0.2) is 34.9 Å². The van der Waals surface area contributed by atoms with E-state index < -0.39 is 26.5 Å². The van der Waals surface area contributed by atoms with E-state index in [0.29, 0.717) is 5.69 Å². The first-order valence-electron chi connectivity index (χ1n) is 5.45. The predicted octanol–water partition coefficient (Wildman–Crippen LogP) is 1.80. The number of nitro benzene ring substituents is 1. The molecule has 0 atom stereocenters. The van der Waals surface area contributed by atoms with Crippen LogP contribution in [0.5, 0.6) is 5.75 Å². The summed E-state index contributed by atoms with van der Waals surface area (Å²) in [5.74, 6) is -0.797. The Morgan fingerprint density at radius 3 is 2.70 bits per heavy atom. The van der Waals surface area contributed by atoms with Gasteiger partial charge in [0.2, 0.25) is 5.75 Å². The number of hydrogen-bond donors (Lipinski definition) is 0. The lowest BCUT2D eigenvalue weighted by atomic mass is 10.3. The van der Waals surface area contributed by atoms with Crippen molar-refractivity contribution in [2.45, 2.75) is 12.7 Å². The van der Waals surface area contributed by atoms with Gasteiger partial charge in [-0.15, -0.1) is 0 Å². The summed E-state index contributed by atoms with van der Waals surface area (Å²) in [6, 6.07) is 6.67. The van der Waals surface area contributed by atoms with Crippen LogP contribution < -0.4 is 4.18 Å². The third-order valence-electron chi connectivity index (χ3n) is 2.27. The van der Waals surface area contributed by atoms with Gasteiger partial charge in [-0.05, 0) is 13.0 Å². The maximum absolute atomic E-state index is 11.8. The molecule has 2 rings (SSSR count). The number of aromatic nitrogens is 1. The van der Waals surface area contributed by atoms with Gasteiger partial charge < -0.3 is 8.71 Å². The van der Waals surface area contributed by atoms with E-state index >= 15 is 0 Å². The zero-order chi connectivity index (χ0) is 14.8. The van der Waals surface area contributed by atoms with Crippen LogP contribution >= 0.6 is 0 Å². The van der Waals surface area contributed by atoms with Gasteiger partial charge in [0.05, 0.1) is 10.6 Å². The summed E-state index contributed by atoms with van der Waals surface area (Å²) in [6.45, 7) is 1.64. The topological polar surface area (TPSA) is 113 Å². The van der Waals surface area contributed by atoms with Crippen LogP contribution in [-0.4, -0.2) is 18.5 Å². The fourth-order valence-corrected chi connectivity index (χ4v) is 2.46. The van der Waals surface area contributed by atoms with Crippen LogP contribution in [0, 0.1) is 17.0 Å². The van der Waals surface area contributed by atoms with Gasteiger partial charge in [0.15, 0.2) is 5.76 Å². The highest BCUT2D eigenvalue weighted by Crippen LogP contribution is 2.27. The van der Waals surface area contributed by atoms with Crippen molar-refractivity contribution in [3.05, 3.63) is 51.9 Å². The van der Waals surface area contributed by atoms with Crippen LogP contribution in [0.25, 0.3) is 0 Å². The second-order valence-corrected chi connectivity index (χ2v) is 5.52. The molecule has 0 spiro atoms. The number of nitrogens with zero attached hydrogens (tertiary/aromatic N) is 2. The Morgan fingerprint density at radius 1 is 1.40 bits per heavy atom. The smallest absolute Gasteiger partial charge is 0.316 e. The quantitative estimate of drug-likeness (QED) is 0.470. The molecular weight excluding hydrogens is 288 g/mol. The van der Waals surface area contributed by atoms with E-state index in [2.05, 4.69) is 5.16 Å². The Bertz CT molecular complexity index is 737. The SMILES string of the molecule is Cc1cc(CS(=O)(=O)Oc2ccccc2[N+](=O)[O-])on1. The Kier molecular flexibility index (Phi) is 3.70. The molecule has 9 heteroatoms. The average Bonchev–Trinajstić information content (AvgIpc) is 2.73. The van der Waals surface area contributed by atoms with Crippen LogP contribution in [0.1, 0.15) is 11.5 Å². The minimum Gasteiger partial charge on any atom is -0.375 e. The molecule has 0 N–H and O–H groups in total. The average molecular weight is 298 g/mol.